The van der Waals surface area contributed by atoms with E-state index < -0.39 is 35.2 Å². The van der Waals surface area contributed by atoms with Gasteiger partial charge in [-0.3, -0.25) is 19.2 Å². The molecule has 0 atom stereocenters. The Hall–Kier alpha value is -2.94. The smallest absolute Gasteiger partial charge is 0.323 e. The van der Waals surface area contributed by atoms with Crippen molar-refractivity contribution in [1.82, 2.24) is 0 Å². The largest absolute Gasteiger partial charge is 0.468 e. The van der Waals surface area contributed by atoms with Crippen molar-refractivity contribution in [3.8, 4) is 0 Å². The van der Waals surface area contributed by atoms with Crippen LogP contribution in [0.15, 0.2) is 36.0 Å². The highest BCUT2D eigenvalue weighted by atomic mass is 16.6. The SMILES string of the molecule is COC(=O)C(CCC=C(C)CCC(CC=CC=CCO)(C(=O)OC)C(=O)OC)C(=O)OC. The molecule has 0 aromatic carbocycles. The average molecular weight is 455 g/mol. The monoisotopic (exact) mass is 454 g/mol. The Labute approximate surface area is 189 Å². The van der Waals surface area contributed by atoms with Crippen molar-refractivity contribution < 1.29 is 43.2 Å². The number of esters is 4. The number of carbonyl (C=O) groups is 4. The lowest BCUT2D eigenvalue weighted by Crippen LogP contribution is -2.41. The maximum atomic E-state index is 12.5. The zero-order valence-corrected chi connectivity index (χ0v) is 19.4. The Morgan fingerprint density at radius 1 is 0.875 bits per heavy atom. The number of hydrogen-bond acceptors (Lipinski definition) is 9. The molecule has 0 rings (SSSR count). The quantitative estimate of drug-likeness (QED) is 0.138. The molecular formula is C23H34O9. The molecule has 0 bridgehead atoms. The fraction of sp³-hybridized carbons (Fsp3) is 0.565. The summed E-state index contributed by atoms with van der Waals surface area (Å²) in [6.07, 6.45) is 9.38. The average Bonchev–Trinajstić information content (AvgIpc) is 2.81. The maximum Gasteiger partial charge on any atom is 0.323 e. The van der Waals surface area contributed by atoms with Gasteiger partial charge in [0.15, 0.2) is 11.3 Å². The van der Waals surface area contributed by atoms with E-state index in [2.05, 4.69) is 9.47 Å². The van der Waals surface area contributed by atoms with Gasteiger partial charge in [0.2, 0.25) is 0 Å². The second-order valence-electron chi connectivity index (χ2n) is 7.04. The van der Waals surface area contributed by atoms with Crippen molar-refractivity contribution in [3.63, 3.8) is 0 Å². The van der Waals surface area contributed by atoms with Crippen LogP contribution in [0.5, 0.6) is 0 Å². The van der Waals surface area contributed by atoms with E-state index in [-0.39, 0.29) is 25.9 Å². The summed E-state index contributed by atoms with van der Waals surface area (Å²) in [6.45, 7) is 1.70. The Morgan fingerprint density at radius 3 is 1.88 bits per heavy atom. The molecule has 0 aromatic rings. The predicted molar refractivity (Wildman–Crippen MR) is 116 cm³/mol. The van der Waals surface area contributed by atoms with Gasteiger partial charge < -0.3 is 24.1 Å². The summed E-state index contributed by atoms with van der Waals surface area (Å²) in [7, 11) is 4.81. The first-order chi connectivity index (χ1) is 15.2. The standard InChI is InChI=1S/C23H34O9/c1-17(11-10-12-18(19(25)29-2)20(26)30-3)13-15-23(21(27)31-4,22(28)32-5)14-8-6-7-9-16-24/h6-9,11,18,24H,10,12-16H2,1-5H3. The molecule has 0 fully saturated rings. The molecule has 32 heavy (non-hydrogen) atoms. The van der Waals surface area contributed by atoms with Crippen LogP contribution in [-0.2, 0) is 38.1 Å². The first-order valence-corrected chi connectivity index (χ1v) is 10.1. The third-order valence-corrected chi connectivity index (χ3v) is 4.97. The molecule has 0 aliphatic rings. The van der Waals surface area contributed by atoms with Crippen LogP contribution in [-0.4, -0.2) is 64.0 Å². The number of methoxy groups -OCH3 is 4. The fourth-order valence-corrected chi connectivity index (χ4v) is 3.06. The third kappa shape index (κ3) is 9.05. The molecule has 1 N–H and O–H groups in total. The van der Waals surface area contributed by atoms with E-state index in [0.29, 0.717) is 12.8 Å². The van der Waals surface area contributed by atoms with Crippen LogP contribution in [0.1, 0.15) is 39.0 Å². The number of carbonyl (C=O) groups excluding carboxylic acids is 4. The zero-order chi connectivity index (χ0) is 24.6. The van der Waals surface area contributed by atoms with Gasteiger partial charge in [0.05, 0.1) is 35.0 Å². The maximum absolute atomic E-state index is 12.5. The van der Waals surface area contributed by atoms with Crippen molar-refractivity contribution >= 4 is 23.9 Å². The fourth-order valence-electron chi connectivity index (χ4n) is 3.06. The Bertz CT molecular complexity index is 687. The first-order valence-electron chi connectivity index (χ1n) is 10.1. The van der Waals surface area contributed by atoms with Crippen LogP contribution in [0.3, 0.4) is 0 Å². The van der Waals surface area contributed by atoms with E-state index >= 15 is 0 Å². The highest BCUT2D eigenvalue weighted by Gasteiger charge is 2.47. The molecule has 0 aliphatic heterocycles. The van der Waals surface area contributed by atoms with Crippen molar-refractivity contribution in [2.45, 2.75) is 39.0 Å². The van der Waals surface area contributed by atoms with Gasteiger partial charge in [-0.15, -0.1) is 0 Å². The second kappa shape index (κ2) is 15.8. The summed E-state index contributed by atoms with van der Waals surface area (Å²) >= 11 is 0. The molecule has 0 aromatic heterocycles. The lowest BCUT2D eigenvalue weighted by atomic mass is 9.78. The van der Waals surface area contributed by atoms with Crippen molar-refractivity contribution in [1.29, 1.82) is 0 Å². The van der Waals surface area contributed by atoms with E-state index in [9.17, 15) is 19.2 Å². The molecule has 0 unspecified atom stereocenters. The predicted octanol–water partition coefficient (Wildman–Crippen LogP) is 2.28. The molecule has 0 saturated heterocycles. The number of ether oxygens (including phenoxy) is 4. The zero-order valence-electron chi connectivity index (χ0n) is 19.4. The van der Waals surface area contributed by atoms with Gasteiger partial charge in [0.25, 0.3) is 0 Å². The summed E-state index contributed by atoms with van der Waals surface area (Å²) in [5.74, 6) is -3.76. The number of rotatable bonds is 14. The molecule has 0 aliphatic carbocycles. The van der Waals surface area contributed by atoms with Crippen LogP contribution in [0.2, 0.25) is 0 Å². The Balaban J connectivity index is 5.39. The topological polar surface area (TPSA) is 125 Å². The van der Waals surface area contributed by atoms with Gasteiger partial charge in [-0.05, 0) is 39.0 Å². The van der Waals surface area contributed by atoms with E-state index in [4.69, 9.17) is 14.6 Å². The number of allylic oxidation sites excluding steroid dienone is 5. The molecule has 9 heteroatoms. The van der Waals surface area contributed by atoms with E-state index in [1.165, 1.54) is 34.5 Å². The van der Waals surface area contributed by atoms with Crippen molar-refractivity contribution in [3.05, 3.63) is 36.0 Å². The minimum atomic E-state index is -1.53. The lowest BCUT2D eigenvalue weighted by Gasteiger charge is -2.27. The normalized spacial score (nSPS) is 12.3. The third-order valence-electron chi connectivity index (χ3n) is 4.97. The van der Waals surface area contributed by atoms with Crippen LogP contribution >= 0.6 is 0 Å². The molecule has 0 saturated carbocycles. The van der Waals surface area contributed by atoms with Gasteiger partial charge in [0.1, 0.15) is 0 Å². The van der Waals surface area contributed by atoms with Gasteiger partial charge in [-0.1, -0.05) is 36.0 Å². The van der Waals surface area contributed by atoms with Crippen LogP contribution in [0.25, 0.3) is 0 Å². The number of aliphatic hydroxyl groups is 1. The van der Waals surface area contributed by atoms with Gasteiger partial charge in [-0.25, -0.2) is 0 Å². The first kappa shape index (κ1) is 29.1. The molecule has 9 nitrogen and oxygen atoms in total. The molecular weight excluding hydrogens is 420 g/mol. The Kier molecular flexibility index (Phi) is 14.3. The molecule has 0 amide bonds. The molecule has 0 spiro atoms. The molecule has 180 valence electrons. The van der Waals surface area contributed by atoms with Crippen LogP contribution in [0.4, 0.5) is 0 Å². The number of aliphatic hydroxyl groups excluding tert-OH is 1. The van der Waals surface area contributed by atoms with E-state index in [0.717, 1.165) is 5.57 Å². The molecule has 0 radical (unpaired) electrons. The van der Waals surface area contributed by atoms with Crippen molar-refractivity contribution in [2.75, 3.05) is 35.0 Å². The molecule has 0 heterocycles. The highest BCUT2D eigenvalue weighted by molar-refractivity contribution is 6.00. The van der Waals surface area contributed by atoms with Gasteiger partial charge >= 0.3 is 23.9 Å². The van der Waals surface area contributed by atoms with Gasteiger partial charge in [-0.2, -0.15) is 0 Å². The van der Waals surface area contributed by atoms with Crippen molar-refractivity contribution in [2.24, 2.45) is 11.3 Å². The Morgan fingerprint density at radius 2 is 1.41 bits per heavy atom. The minimum Gasteiger partial charge on any atom is -0.468 e. The minimum absolute atomic E-state index is 0.0577. The second-order valence-corrected chi connectivity index (χ2v) is 7.04. The van der Waals surface area contributed by atoms with Crippen LogP contribution in [0, 0.1) is 11.3 Å². The highest BCUT2D eigenvalue weighted by Crippen LogP contribution is 2.34. The van der Waals surface area contributed by atoms with Crippen LogP contribution < -0.4 is 0 Å². The summed E-state index contributed by atoms with van der Waals surface area (Å²) in [5.41, 5.74) is -0.664. The summed E-state index contributed by atoms with van der Waals surface area (Å²) in [5, 5.41) is 8.79. The van der Waals surface area contributed by atoms with E-state index in [1.54, 1.807) is 18.2 Å². The summed E-state index contributed by atoms with van der Waals surface area (Å²) in [4.78, 5) is 48.6. The van der Waals surface area contributed by atoms with Gasteiger partial charge in [0, 0.05) is 0 Å². The summed E-state index contributed by atoms with van der Waals surface area (Å²) in [6, 6.07) is 0. The summed E-state index contributed by atoms with van der Waals surface area (Å²) < 4.78 is 19.0. The number of hydrogen-bond donors (Lipinski definition) is 1. The lowest BCUT2D eigenvalue weighted by molar-refractivity contribution is -0.169. The van der Waals surface area contributed by atoms with E-state index in [1.807, 2.05) is 13.0 Å².